The second-order valence-electron chi connectivity index (χ2n) is 6.67. The lowest BCUT2D eigenvalue weighted by Crippen LogP contribution is -2.50. The fraction of sp³-hybridized carbons (Fsp3) is 0.238. The predicted octanol–water partition coefficient (Wildman–Crippen LogP) is 2.64. The Labute approximate surface area is 181 Å². The zero-order valence-electron chi connectivity index (χ0n) is 16.2. The topological polar surface area (TPSA) is 105 Å². The largest absolute Gasteiger partial charge is 0.469 e. The first kappa shape index (κ1) is 21.5. The van der Waals surface area contributed by atoms with E-state index in [-0.39, 0.29) is 37.0 Å². The van der Waals surface area contributed by atoms with E-state index in [4.69, 9.17) is 4.74 Å². The van der Waals surface area contributed by atoms with Crippen LogP contribution < -0.4 is 15.8 Å². The first-order chi connectivity index (χ1) is 14.4. The molecule has 1 atom stereocenters. The molecule has 30 heavy (non-hydrogen) atoms. The third-order valence-electron chi connectivity index (χ3n) is 4.59. The van der Waals surface area contributed by atoms with E-state index in [1.54, 1.807) is 24.3 Å². The SMILES string of the molecule is COC(=O)CC(NC(=O)c1ccc(N2NC(=O)CCC2=O)cc1)c1cccc(Br)c1. The van der Waals surface area contributed by atoms with Gasteiger partial charge in [-0.3, -0.25) is 24.6 Å². The predicted molar refractivity (Wildman–Crippen MR) is 112 cm³/mol. The van der Waals surface area contributed by atoms with Crippen LogP contribution in [0.3, 0.4) is 0 Å². The van der Waals surface area contributed by atoms with Crippen LogP contribution in [0.1, 0.15) is 41.2 Å². The Balaban J connectivity index is 1.76. The molecule has 2 N–H and O–H groups in total. The number of nitrogens with one attached hydrogen (secondary N) is 2. The van der Waals surface area contributed by atoms with E-state index < -0.39 is 12.0 Å². The molecular weight excluding hydrogens is 454 g/mol. The minimum absolute atomic E-state index is 0.0227. The van der Waals surface area contributed by atoms with Crippen LogP contribution in [0.5, 0.6) is 0 Å². The van der Waals surface area contributed by atoms with Crippen molar-refractivity contribution in [2.24, 2.45) is 0 Å². The summed E-state index contributed by atoms with van der Waals surface area (Å²) in [5.74, 6) is -1.30. The number of methoxy groups -OCH3 is 1. The molecular formula is C21H20BrN3O5. The van der Waals surface area contributed by atoms with Gasteiger partial charge in [-0.15, -0.1) is 0 Å². The number of hydrazine groups is 1. The first-order valence-corrected chi connectivity index (χ1v) is 10.0. The summed E-state index contributed by atoms with van der Waals surface area (Å²) < 4.78 is 5.57. The average Bonchev–Trinajstić information content (AvgIpc) is 2.75. The molecule has 1 unspecified atom stereocenters. The van der Waals surface area contributed by atoms with Crippen molar-refractivity contribution in [2.45, 2.75) is 25.3 Å². The van der Waals surface area contributed by atoms with Crippen molar-refractivity contribution < 1.29 is 23.9 Å². The minimum Gasteiger partial charge on any atom is -0.469 e. The van der Waals surface area contributed by atoms with Gasteiger partial charge in [0.1, 0.15) is 0 Å². The van der Waals surface area contributed by atoms with Crippen molar-refractivity contribution in [2.75, 3.05) is 12.1 Å². The maximum absolute atomic E-state index is 12.8. The highest BCUT2D eigenvalue weighted by atomic mass is 79.9. The molecule has 2 aromatic rings. The Bertz CT molecular complexity index is 977. The fourth-order valence-corrected chi connectivity index (χ4v) is 3.43. The lowest BCUT2D eigenvalue weighted by molar-refractivity contribution is -0.141. The number of ether oxygens (including phenoxy) is 1. The Morgan fingerprint density at radius 3 is 2.57 bits per heavy atom. The van der Waals surface area contributed by atoms with Gasteiger partial charge in [-0.05, 0) is 42.0 Å². The van der Waals surface area contributed by atoms with Crippen molar-refractivity contribution in [1.29, 1.82) is 0 Å². The summed E-state index contributed by atoms with van der Waals surface area (Å²) in [6.45, 7) is 0. The van der Waals surface area contributed by atoms with E-state index in [1.165, 1.54) is 12.1 Å². The normalized spacial score (nSPS) is 14.7. The number of esters is 1. The van der Waals surface area contributed by atoms with Crippen LogP contribution in [-0.4, -0.2) is 30.8 Å². The van der Waals surface area contributed by atoms with E-state index in [9.17, 15) is 19.2 Å². The highest BCUT2D eigenvalue weighted by Gasteiger charge is 2.25. The van der Waals surface area contributed by atoms with Gasteiger partial charge >= 0.3 is 5.97 Å². The molecule has 0 aromatic heterocycles. The molecule has 156 valence electrons. The quantitative estimate of drug-likeness (QED) is 0.627. The Morgan fingerprint density at radius 1 is 1.17 bits per heavy atom. The van der Waals surface area contributed by atoms with Gasteiger partial charge < -0.3 is 10.1 Å². The molecule has 0 radical (unpaired) electrons. The number of nitrogens with zero attached hydrogens (tertiary/aromatic N) is 1. The standard InChI is InChI=1S/C21H20BrN3O5/c1-30-20(28)12-17(14-3-2-4-15(22)11-14)23-21(29)13-5-7-16(8-6-13)25-19(27)10-9-18(26)24-25/h2-8,11,17H,9-10,12H2,1H3,(H,23,29)(H,24,26). The summed E-state index contributed by atoms with van der Waals surface area (Å²) in [6, 6.07) is 13.0. The molecule has 1 saturated heterocycles. The lowest BCUT2D eigenvalue weighted by Gasteiger charge is -2.27. The fourth-order valence-electron chi connectivity index (χ4n) is 3.01. The van der Waals surface area contributed by atoms with Gasteiger partial charge in [0.2, 0.25) is 11.8 Å². The number of carbonyl (C=O) groups is 4. The third-order valence-corrected chi connectivity index (χ3v) is 5.09. The number of rotatable bonds is 6. The van der Waals surface area contributed by atoms with E-state index in [0.717, 1.165) is 10.0 Å². The summed E-state index contributed by atoms with van der Waals surface area (Å²) >= 11 is 3.39. The van der Waals surface area contributed by atoms with Gasteiger partial charge in [-0.1, -0.05) is 28.1 Å². The van der Waals surface area contributed by atoms with E-state index in [0.29, 0.717) is 11.3 Å². The van der Waals surface area contributed by atoms with Crippen LogP contribution in [-0.2, 0) is 19.1 Å². The smallest absolute Gasteiger partial charge is 0.307 e. The van der Waals surface area contributed by atoms with Crippen LogP contribution >= 0.6 is 15.9 Å². The Morgan fingerprint density at radius 2 is 1.90 bits per heavy atom. The van der Waals surface area contributed by atoms with E-state index in [1.807, 2.05) is 24.3 Å². The van der Waals surface area contributed by atoms with Crippen LogP contribution in [0.4, 0.5) is 5.69 Å². The van der Waals surface area contributed by atoms with E-state index in [2.05, 4.69) is 26.7 Å². The molecule has 0 spiro atoms. The summed E-state index contributed by atoms with van der Waals surface area (Å²) in [5, 5.41) is 4.02. The zero-order chi connectivity index (χ0) is 21.7. The molecule has 9 heteroatoms. The molecule has 0 aliphatic carbocycles. The maximum Gasteiger partial charge on any atom is 0.307 e. The van der Waals surface area contributed by atoms with Crippen LogP contribution in [0, 0.1) is 0 Å². The third kappa shape index (κ3) is 5.24. The van der Waals surface area contributed by atoms with Crippen molar-refractivity contribution in [3.05, 3.63) is 64.1 Å². The molecule has 1 heterocycles. The number of carbonyl (C=O) groups excluding carboxylic acids is 4. The number of amides is 3. The van der Waals surface area contributed by atoms with Gasteiger partial charge in [0.15, 0.2) is 0 Å². The second-order valence-corrected chi connectivity index (χ2v) is 7.59. The van der Waals surface area contributed by atoms with Crippen molar-refractivity contribution in [3.63, 3.8) is 0 Å². The van der Waals surface area contributed by atoms with Crippen LogP contribution in [0.25, 0.3) is 0 Å². The van der Waals surface area contributed by atoms with Gasteiger partial charge in [-0.25, -0.2) is 5.01 Å². The molecule has 1 aliphatic rings. The van der Waals surface area contributed by atoms with Crippen LogP contribution in [0.15, 0.2) is 53.0 Å². The molecule has 1 fully saturated rings. The van der Waals surface area contributed by atoms with Gasteiger partial charge in [0.25, 0.3) is 5.91 Å². The van der Waals surface area contributed by atoms with Gasteiger partial charge in [0.05, 0.1) is 25.3 Å². The molecule has 0 bridgehead atoms. The number of anilines is 1. The number of halogens is 1. The van der Waals surface area contributed by atoms with Crippen molar-refractivity contribution in [3.8, 4) is 0 Å². The lowest BCUT2D eigenvalue weighted by atomic mass is 10.0. The van der Waals surface area contributed by atoms with Crippen molar-refractivity contribution in [1.82, 2.24) is 10.7 Å². The monoisotopic (exact) mass is 473 g/mol. The molecule has 0 saturated carbocycles. The van der Waals surface area contributed by atoms with Gasteiger partial charge in [0, 0.05) is 22.9 Å². The molecule has 1 aliphatic heterocycles. The zero-order valence-corrected chi connectivity index (χ0v) is 17.8. The minimum atomic E-state index is -0.579. The Hall–Kier alpha value is -3.20. The summed E-state index contributed by atoms with van der Waals surface area (Å²) in [5.41, 5.74) is 4.07. The average molecular weight is 474 g/mol. The summed E-state index contributed by atoms with van der Waals surface area (Å²) in [6.07, 6.45) is 0.272. The van der Waals surface area contributed by atoms with E-state index >= 15 is 0 Å². The second kappa shape index (κ2) is 9.53. The van der Waals surface area contributed by atoms with Gasteiger partial charge in [-0.2, -0.15) is 0 Å². The number of hydrogen-bond acceptors (Lipinski definition) is 5. The number of hydrogen-bond donors (Lipinski definition) is 2. The Kier molecular flexibility index (Phi) is 6.83. The highest BCUT2D eigenvalue weighted by molar-refractivity contribution is 9.10. The molecule has 2 aromatic carbocycles. The summed E-state index contributed by atoms with van der Waals surface area (Å²) in [7, 11) is 1.29. The first-order valence-electron chi connectivity index (χ1n) is 9.23. The maximum atomic E-state index is 12.8. The number of benzene rings is 2. The molecule has 3 rings (SSSR count). The highest BCUT2D eigenvalue weighted by Crippen LogP contribution is 2.23. The van der Waals surface area contributed by atoms with Crippen molar-refractivity contribution >= 4 is 45.3 Å². The van der Waals surface area contributed by atoms with Crippen LogP contribution in [0.2, 0.25) is 0 Å². The molecule has 8 nitrogen and oxygen atoms in total. The molecule has 3 amide bonds. The summed E-state index contributed by atoms with van der Waals surface area (Å²) in [4.78, 5) is 48.1.